The van der Waals surface area contributed by atoms with Crippen molar-refractivity contribution in [3.8, 4) is 0 Å². The Morgan fingerprint density at radius 3 is 2.87 bits per heavy atom. The van der Waals surface area contributed by atoms with Gasteiger partial charge in [0, 0.05) is 18.6 Å². The normalized spacial score (nSPS) is 26.5. The first-order valence-electron chi connectivity index (χ1n) is 5.78. The van der Waals surface area contributed by atoms with Gasteiger partial charge in [0.05, 0.1) is 6.61 Å². The van der Waals surface area contributed by atoms with Crippen LogP contribution in [-0.2, 0) is 4.74 Å². The lowest BCUT2D eigenvalue weighted by atomic mass is 9.89. The van der Waals surface area contributed by atoms with E-state index in [0.29, 0.717) is 12.0 Å². The second kappa shape index (κ2) is 5.29. The largest absolute Gasteiger partial charge is 0.381 e. The molecule has 2 rings (SSSR count). The van der Waals surface area contributed by atoms with Crippen LogP contribution in [0.4, 0.5) is 0 Å². The number of rotatable bonds is 3. The summed E-state index contributed by atoms with van der Waals surface area (Å²) in [6, 6.07) is 11.2. The highest BCUT2D eigenvalue weighted by molar-refractivity contribution is 5.22. The SMILES string of the molecule is CCNC1CCOCC1c1ccccc1. The predicted octanol–water partition coefficient (Wildman–Crippen LogP) is 2.17. The number of ether oxygens (including phenoxy) is 1. The van der Waals surface area contributed by atoms with Crippen LogP contribution in [0.5, 0.6) is 0 Å². The van der Waals surface area contributed by atoms with Crippen molar-refractivity contribution in [2.75, 3.05) is 19.8 Å². The van der Waals surface area contributed by atoms with E-state index in [1.54, 1.807) is 0 Å². The van der Waals surface area contributed by atoms with E-state index in [0.717, 1.165) is 26.2 Å². The highest BCUT2D eigenvalue weighted by atomic mass is 16.5. The molecule has 0 amide bonds. The molecule has 82 valence electrons. The molecule has 0 saturated carbocycles. The van der Waals surface area contributed by atoms with E-state index in [1.807, 2.05) is 0 Å². The van der Waals surface area contributed by atoms with Gasteiger partial charge < -0.3 is 10.1 Å². The van der Waals surface area contributed by atoms with Gasteiger partial charge in [0.25, 0.3) is 0 Å². The summed E-state index contributed by atoms with van der Waals surface area (Å²) in [5.41, 5.74) is 1.39. The van der Waals surface area contributed by atoms with Gasteiger partial charge in [-0.05, 0) is 18.5 Å². The Morgan fingerprint density at radius 2 is 2.13 bits per heavy atom. The molecule has 1 aromatic rings. The molecule has 1 aliphatic heterocycles. The molecule has 2 nitrogen and oxygen atoms in total. The van der Waals surface area contributed by atoms with Gasteiger partial charge in [-0.3, -0.25) is 0 Å². The molecule has 1 N–H and O–H groups in total. The van der Waals surface area contributed by atoms with Crippen LogP contribution in [-0.4, -0.2) is 25.8 Å². The Labute approximate surface area is 91.6 Å². The van der Waals surface area contributed by atoms with Crippen molar-refractivity contribution >= 4 is 0 Å². The maximum Gasteiger partial charge on any atom is 0.0549 e. The topological polar surface area (TPSA) is 21.3 Å². The average Bonchev–Trinajstić information content (AvgIpc) is 2.31. The molecule has 15 heavy (non-hydrogen) atoms. The minimum absolute atomic E-state index is 0.514. The van der Waals surface area contributed by atoms with Gasteiger partial charge in [0.2, 0.25) is 0 Å². The molecule has 1 saturated heterocycles. The number of hydrogen-bond donors (Lipinski definition) is 1. The van der Waals surface area contributed by atoms with Crippen molar-refractivity contribution < 1.29 is 4.74 Å². The Bertz CT molecular complexity index is 284. The van der Waals surface area contributed by atoms with Crippen molar-refractivity contribution in [3.05, 3.63) is 35.9 Å². The molecular weight excluding hydrogens is 186 g/mol. The van der Waals surface area contributed by atoms with Crippen LogP contribution in [0, 0.1) is 0 Å². The smallest absolute Gasteiger partial charge is 0.0549 e. The summed E-state index contributed by atoms with van der Waals surface area (Å²) in [7, 11) is 0. The second-order valence-corrected chi connectivity index (χ2v) is 4.04. The maximum absolute atomic E-state index is 5.57. The fourth-order valence-corrected chi connectivity index (χ4v) is 2.27. The molecule has 1 aromatic carbocycles. The van der Waals surface area contributed by atoms with Gasteiger partial charge in [-0.2, -0.15) is 0 Å². The molecule has 1 aliphatic rings. The van der Waals surface area contributed by atoms with E-state index in [9.17, 15) is 0 Å². The van der Waals surface area contributed by atoms with Gasteiger partial charge in [-0.15, -0.1) is 0 Å². The van der Waals surface area contributed by atoms with Crippen LogP contribution in [0.15, 0.2) is 30.3 Å². The van der Waals surface area contributed by atoms with E-state index in [2.05, 4.69) is 42.6 Å². The van der Waals surface area contributed by atoms with Crippen LogP contribution >= 0.6 is 0 Å². The van der Waals surface area contributed by atoms with E-state index in [1.165, 1.54) is 5.56 Å². The van der Waals surface area contributed by atoms with Crippen molar-refractivity contribution in [1.29, 1.82) is 0 Å². The van der Waals surface area contributed by atoms with Gasteiger partial charge in [0.15, 0.2) is 0 Å². The standard InChI is InChI=1S/C13H19NO/c1-2-14-13-8-9-15-10-12(13)11-6-4-3-5-7-11/h3-7,12-14H,2,8-10H2,1H3. The Kier molecular flexibility index (Phi) is 3.75. The van der Waals surface area contributed by atoms with Crippen LogP contribution < -0.4 is 5.32 Å². The Balaban J connectivity index is 2.11. The van der Waals surface area contributed by atoms with Crippen LogP contribution in [0.25, 0.3) is 0 Å². The Morgan fingerprint density at radius 1 is 1.33 bits per heavy atom. The molecule has 2 atom stereocenters. The monoisotopic (exact) mass is 205 g/mol. The molecule has 1 fully saturated rings. The zero-order valence-electron chi connectivity index (χ0n) is 9.28. The van der Waals surface area contributed by atoms with Crippen molar-refractivity contribution in [2.45, 2.75) is 25.3 Å². The van der Waals surface area contributed by atoms with E-state index in [4.69, 9.17) is 4.74 Å². The zero-order valence-corrected chi connectivity index (χ0v) is 9.28. The second-order valence-electron chi connectivity index (χ2n) is 4.04. The highest BCUT2D eigenvalue weighted by Gasteiger charge is 2.25. The summed E-state index contributed by atoms with van der Waals surface area (Å²) >= 11 is 0. The van der Waals surface area contributed by atoms with Crippen LogP contribution in [0.1, 0.15) is 24.8 Å². The maximum atomic E-state index is 5.57. The van der Waals surface area contributed by atoms with Gasteiger partial charge in [-0.1, -0.05) is 37.3 Å². The molecule has 0 spiro atoms. The quantitative estimate of drug-likeness (QED) is 0.816. The lowest BCUT2D eigenvalue weighted by Crippen LogP contribution is -2.41. The summed E-state index contributed by atoms with van der Waals surface area (Å²) in [6.07, 6.45) is 1.12. The minimum Gasteiger partial charge on any atom is -0.381 e. The first-order chi connectivity index (χ1) is 7.42. The van der Waals surface area contributed by atoms with E-state index < -0.39 is 0 Å². The van der Waals surface area contributed by atoms with Crippen molar-refractivity contribution in [3.63, 3.8) is 0 Å². The molecule has 1 heterocycles. The van der Waals surface area contributed by atoms with E-state index in [-0.39, 0.29) is 0 Å². The third kappa shape index (κ3) is 2.58. The molecule has 2 heteroatoms. The number of likely N-dealkylation sites (N-methyl/N-ethyl adjacent to an activating group) is 1. The van der Waals surface area contributed by atoms with Crippen LogP contribution in [0.3, 0.4) is 0 Å². The number of benzene rings is 1. The first-order valence-corrected chi connectivity index (χ1v) is 5.78. The zero-order chi connectivity index (χ0) is 10.5. The lowest BCUT2D eigenvalue weighted by Gasteiger charge is -2.32. The third-order valence-corrected chi connectivity index (χ3v) is 3.05. The fraction of sp³-hybridized carbons (Fsp3) is 0.538. The summed E-state index contributed by atoms with van der Waals surface area (Å²) in [6.45, 7) is 4.94. The van der Waals surface area contributed by atoms with Crippen molar-refractivity contribution in [2.24, 2.45) is 0 Å². The molecule has 0 aliphatic carbocycles. The molecule has 0 bridgehead atoms. The molecule has 0 aromatic heterocycles. The van der Waals surface area contributed by atoms with Gasteiger partial charge in [0.1, 0.15) is 0 Å². The molecule has 2 unspecified atom stereocenters. The van der Waals surface area contributed by atoms with E-state index >= 15 is 0 Å². The van der Waals surface area contributed by atoms with Gasteiger partial charge in [-0.25, -0.2) is 0 Å². The van der Waals surface area contributed by atoms with Gasteiger partial charge >= 0.3 is 0 Å². The lowest BCUT2D eigenvalue weighted by molar-refractivity contribution is 0.0604. The summed E-state index contributed by atoms with van der Waals surface area (Å²) in [5, 5.41) is 3.55. The average molecular weight is 205 g/mol. The summed E-state index contributed by atoms with van der Waals surface area (Å²) < 4.78 is 5.57. The summed E-state index contributed by atoms with van der Waals surface area (Å²) in [4.78, 5) is 0. The highest BCUT2D eigenvalue weighted by Crippen LogP contribution is 2.25. The molecular formula is C13H19NO. The summed E-state index contributed by atoms with van der Waals surface area (Å²) in [5.74, 6) is 0.514. The third-order valence-electron chi connectivity index (χ3n) is 3.05. The number of hydrogen-bond acceptors (Lipinski definition) is 2. The van der Waals surface area contributed by atoms with Crippen molar-refractivity contribution in [1.82, 2.24) is 5.32 Å². The fourth-order valence-electron chi connectivity index (χ4n) is 2.27. The van der Waals surface area contributed by atoms with Crippen LogP contribution in [0.2, 0.25) is 0 Å². The Hall–Kier alpha value is -0.860. The predicted molar refractivity (Wildman–Crippen MR) is 62.1 cm³/mol. The minimum atomic E-state index is 0.514. The number of nitrogens with one attached hydrogen (secondary N) is 1. The first kappa shape index (κ1) is 10.7. The molecule has 0 radical (unpaired) electrons.